The molecule has 0 N–H and O–H groups in total. The Morgan fingerprint density at radius 2 is 1.86 bits per heavy atom. The van der Waals surface area contributed by atoms with Crippen molar-refractivity contribution in [3.05, 3.63) is 53.6 Å². The standard InChI is InChI=1S/C23H29NO5/c1-4-24(15-17-7-12-21(26-2)22(14-17)27-3)23(25)18-8-10-19(11-9-18)29-16-20-6-5-13-28-20/h7-12,14,20H,4-6,13,15-16H2,1-3H3. The first-order chi connectivity index (χ1) is 14.1. The molecule has 2 aromatic rings. The van der Waals surface area contributed by atoms with Crippen LogP contribution in [0.3, 0.4) is 0 Å². The number of carbonyl (C=O) groups excluding carboxylic acids is 1. The van der Waals surface area contributed by atoms with Crippen molar-refractivity contribution >= 4 is 5.91 Å². The molecular formula is C23H29NO5. The lowest BCUT2D eigenvalue weighted by Crippen LogP contribution is -2.30. The summed E-state index contributed by atoms with van der Waals surface area (Å²) in [5.41, 5.74) is 1.62. The van der Waals surface area contributed by atoms with Crippen LogP contribution in [0, 0.1) is 0 Å². The molecule has 2 aromatic carbocycles. The van der Waals surface area contributed by atoms with Gasteiger partial charge in [0, 0.05) is 25.3 Å². The minimum absolute atomic E-state index is 0.0204. The first-order valence-electron chi connectivity index (χ1n) is 9.99. The number of hydrogen-bond acceptors (Lipinski definition) is 5. The zero-order valence-electron chi connectivity index (χ0n) is 17.3. The van der Waals surface area contributed by atoms with E-state index in [1.807, 2.05) is 49.4 Å². The molecule has 1 heterocycles. The quantitative estimate of drug-likeness (QED) is 0.640. The fourth-order valence-electron chi connectivity index (χ4n) is 3.37. The van der Waals surface area contributed by atoms with Crippen molar-refractivity contribution in [2.24, 2.45) is 0 Å². The van der Waals surface area contributed by atoms with Crippen molar-refractivity contribution in [1.82, 2.24) is 4.90 Å². The molecule has 1 amide bonds. The largest absolute Gasteiger partial charge is 0.493 e. The van der Waals surface area contributed by atoms with Crippen LogP contribution in [0.4, 0.5) is 0 Å². The van der Waals surface area contributed by atoms with E-state index >= 15 is 0 Å². The molecule has 6 nitrogen and oxygen atoms in total. The maximum absolute atomic E-state index is 12.9. The van der Waals surface area contributed by atoms with Crippen LogP contribution in [-0.4, -0.2) is 50.9 Å². The average Bonchev–Trinajstić information content (AvgIpc) is 3.29. The van der Waals surface area contributed by atoms with Gasteiger partial charge in [0.05, 0.1) is 20.3 Å². The van der Waals surface area contributed by atoms with Crippen LogP contribution in [-0.2, 0) is 11.3 Å². The summed E-state index contributed by atoms with van der Waals surface area (Å²) in [5, 5.41) is 0. The first-order valence-corrected chi connectivity index (χ1v) is 9.99. The molecule has 3 rings (SSSR count). The number of carbonyl (C=O) groups is 1. The minimum Gasteiger partial charge on any atom is -0.493 e. The first kappa shape index (κ1) is 21.0. The second-order valence-corrected chi connectivity index (χ2v) is 6.98. The zero-order chi connectivity index (χ0) is 20.6. The Kier molecular flexibility index (Phi) is 7.36. The number of rotatable bonds is 9. The summed E-state index contributed by atoms with van der Waals surface area (Å²) in [6, 6.07) is 13.0. The Bertz CT molecular complexity index is 799. The minimum atomic E-state index is -0.0204. The van der Waals surface area contributed by atoms with E-state index in [9.17, 15) is 4.79 Å². The Balaban J connectivity index is 1.62. The third-order valence-corrected chi connectivity index (χ3v) is 5.05. The van der Waals surface area contributed by atoms with E-state index in [0.717, 1.165) is 30.8 Å². The van der Waals surface area contributed by atoms with Crippen molar-refractivity contribution in [2.75, 3.05) is 34.0 Å². The molecule has 156 valence electrons. The summed E-state index contributed by atoms with van der Waals surface area (Å²) in [4.78, 5) is 14.7. The second kappa shape index (κ2) is 10.2. The molecule has 1 aliphatic heterocycles. The lowest BCUT2D eigenvalue weighted by Gasteiger charge is -2.22. The third-order valence-electron chi connectivity index (χ3n) is 5.05. The Morgan fingerprint density at radius 1 is 1.10 bits per heavy atom. The maximum Gasteiger partial charge on any atom is 0.254 e. The van der Waals surface area contributed by atoms with Crippen molar-refractivity contribution in [1.29, 1.82) is 0 Å². The van der Waals surface area contributed by atoms with Gasteiger partial charge in [0.15, 0.2) is 11.5 Å². The summed E-state index contributed by atoms with van der Waals surface area (Å²) in [6.45, 7) is 4.43. The lowest BCUT2D eigenvalue weighted by molar-refractivity contribution is 0.0678. The predicted octanol–water partition coefficient (Wildman–Crippen LogP) is 3.92. The lowest BCUT2D eigenvalue weighted by atomic mass is 10.1. The summed E-state index contributed by atoms with van der Waals surface area (Å²) in [5.74, 6) is 2.05. The molecule has 1 fully saturated rings. The van der Waals surface area contributed by atoms with Gasteiger partial charge in [-0.2, -0.15) is 0 Å². The number of ether oxygens (including phenoxy) is 4. The van der Waals surface area contributed by atoms with Crippen LogP contribution in [0.1, 0.15) is 35.7 Å². The fourth-order valence-corrected chi connectivity index (χ4v) is 3.37. The molecule has 0 aliphatic carbocycles. The van der Waals surface area contributed by atoms with E-state index in [1.165, 1.54) is 0 Å². The number of methoxy groups -OCH3 is 2. The molecule has 1 saturated heterocycles. The molecule has 0 saturated carbocycles. The van der Waals surface area contributed by atoms with Crippen LogP contribution in [0.5, 0.6) is 17.2 Å². The van der Waals surface area contributed by atoms with Gasteiger partial charge in [-0.3, -0.25) is 4.79 Å². The van der Waals surface area contributed by atoms with Gasteiger partial charge in [0.1, 0.15) is 12.4 Å². The van der Waals surface area contributed by atoms with Gasteiger partial charge in [-0.05, 0) is 61.7 Å². The molecule has 0 spiro atoms. The number of benzene rings is 2. The third kappa shape index (κ3) is 5.41. The van der Waals surface area contributed by atoms with Crippen molar-refractivity contribution in [3.63, 3.8) is 0 Å². The topological polar surface area (TPSA) is 57.2 Å². The number of amides is 1. The van der Waals surface area contributed by atoms with E-state index in [0.29, 0.717) is 36.8 Å². The molecular weight excluding hydrogens is 370 g/mol. The van der Waals surface area contributed by atoms with Crippen LogP contribution < -0.4 is 14.2 Å². The summed E-state index contributed by atoms with van der Waals surface area (Å²) < 4.78 is 22.0. The Hall–Kier alpha value is -2.73. The van der Waals surface area contributed by atoms with Gasteiger partial charge in [-0.15, -0.1) is 0 Å². The monoisotopic (exact) mass is 399 g/mol. The van der Waals surface area contributed by atoms with E-state index in [4.69, 9.17) is 18.9 Å². The summed E-state index contributed by atoms with van der Waals surface area (Å²) in [6.07, 6.45) is 2.31. The highest BCUT2D eigenvalue weighted by molar-refractivity contribution is 5.94. The molecule has 6 heteroatoms. The molecule has 1 unspecified atom stereocenters. The summed E-state index contributed by atoms with van der Waals surface area (Å²) in [7, 11) is 3.21. The Morgan fingerprint density at radius 3 is 2.48 bits per heavy atom. The Labute approximate surface area is 172 Å². The molecule has 29 heavy (non-hydrogen) atoms. The van der Waals surface area contributed by atoms with Crippen LogP contribution in [0.2, 0.25) is 0 Å². The van der Waals surface area contributed by atoms with Crippen LogP contribution in [0.25, 0.3) is 0 Å². The maximum atomic E-state index is 12.9. The predicted molar refractivity (Wildman–Crippen MR) is 111 cm³/mol. The number of hydrogen-bond donors (Lipinski definition) is 0. The zero-order valence-corrected chi connectivity index (χ0v) is 17.3. The van der Waals surface area contributed by atoms with E-state index < -0.39 is 0 Å². The normalized spacial score (nSPS) is 15.8. The van der Waals surface area contributed by atoms with E-state index in [-0.39, 0.29) is 12.0 Å². The molecule has 0 aromatic heterocycles. The van der Waals surface area contributed by atoms with Gasteiger partial charge in [-0.1, -0.05) is 6.07 Å². The average molecular weight is 399 g/mol. The molecule has 1 aliphatic rings. The molecule has 0 radical (unpaired) electrons. The number of nitrogens with zero attached hydrogens (tertiary/aromatic N) is 1. The smallest absolute Gasteiger partial charge is 0.254 e. The van der Waals surface area contributed by atoms with Gasteiger partial charge in [0.25, 0.3) is 5.91 Å². The SMILES string of the molecule is CCN(Cc1ccc(OC)c(OC)c1)C(=O)c1ccc(OCC2CCCO2)cc1. The van der Waals surface area contributed by atoms with Crippen molar-refractivity contribution in [2.45, 2.75) is 32.4 Å². The van der Waals surface area contributed by atoms with Crippen molar-refractivity contribution < 1.29 is 23.7 Å². The highest BCUT2D eigenvalue weighted by Crippen LogP contribution is 2.28. The van der Waals surface area contributed by atoms with Crippen molar-refractivity contribution in [3.8, 4) is 17.2 Å². The van der Waals surface area contributed by atoms with E-state index in [2.05, 4.69) is 0 Å². The van der Waals surface area contributed by atoms with Gasteiger partial charge in [-0.25, -0.2) is 0 Å². The highest BCUT2D eigenvalue weighted by atomic mass is 16.5. The van der Waals surface area contributed by atoms with Crippen LogP contribution >= 0.6 is 0 Å². The van der Waals surface area contributed by atoms with Gasteiger partial charge >= 0.3 is 0 Å². The highest BCUT2D eigenvalue weighted by Gasteiger charge is 2.18. The van der Waals surface area contributed by atoms with Gasteiger partial charge < -0.3 is 23.8 Å². The fraction of sp³-hybridized carbons (Fsp3) is 0.435. The second-order valence-electron chi connectivity index (χ2n) is 6.98. The molecule has 0 bridgehead atoms. The summed E-state index contributed by atoms with van der Waals surface area (Å²) >= 11 is 0. The van der Waals surface area contributed by atoms with Gasteiger partial charge in [0.2, 0.25) is 0 Å². The van der Waals surface area contributed by atoms with E-state index in [1.54, 1.807) is 19.1 Å². The van der Waals surface area contributed by atoms with Crippen LogP contribution in [0.15, 0.2) is 42.5 Å². The molecule has 1 atom stereocenters.